The summed E-state index contributed by atoms with van der Waals surface area (Å²) < 4.78 is 5.41. The van der Waals surface area contributed by atoms with Gasteiger partial charge in [-0.15, -0.1) is 0 Å². The van der Waals surface area contributed by atoms with Crippen molar-refractivity contribution in [3.8, 4) is 0 Å². The van der Waals surface area contributed by atoms with Crippen LogP contribution in [-0.2, 0) is 9.53 Å². The summed E-state index contributed by atoms with van der Waals surface area (Å²) in [5.74, 6) is 1.11. The van der Waals surface area contributed by atoms with Crippen LogP contribution in [0, 0.1) is 17.8 Å². The summed E-state index contributed by atoms with van der Waals surface area (Å²) in [7, 11) is 0. The molecule has 2 fully saturated rings. The van der Waals surface area contributed by atoms with Gasteiger partial charge in [-0.2, -0.15) is 0 Å². The summed E-state index contributed by atoms with van der Waals surface area (Å²) >= 11 is 0. The number of carbonyl (C=O) groups is 1. The lowest BCUT2D eigenvalue weighted by atomic mass is 9.82. The lowest BCUT2D eigenvalue weighted by Crippen LogP contribution is -2.16. The topological polar surface area (TPSA) is 26.3 Å². The first-order valence-electron chi connectivity index (χ1n) is 6.32. The number of carbonyl (C=O) groups excluding carboxylic acids is 1. The van der Waals surface area contributed by atoms with Crippen LogP contribution in [0.15, 0.2) is 36.0 Å². The van der Waals surface area contributed by atoms with Crippen molar-refractivity contribution in [2.24, 2.45) is 17.8 Å². The molecule has 0 amide bonds. The number of ether oxygens (including phenoxy) is 1. The Labute approximate surface area is 102 Å². The van der Waals surface area contributed by atoms with Crippen molar-refractivity contribution in [2.45, 2.75) is 32.3 Å². The molecule has 4 atom stereocenters. The third-order valence-corrected chi connectivity index (χ3v) is 4.68. The maximum Gasteiger partial charge on any atom is 0.334 e. The van der Waals surface area contributed by atoms with Gasteiger partial charge in [0.25, 0.3) is 0 Å². The Morgan fingerprint density at radius 3 is 2.82 bits per heavy atom. The molecule has 1 saturated carbocycles. The van der Waals surface area contributed by atoms with Crippen molar-refractivity contribution in [1.82, 2.24) is 0 Å². The molecule has 17 heavy (non-hydrogen) atoms. The molecule has 0 aromatic heterocycles. The van der Waals surface area contributed by atoms with E-state index in [2.05, 4.69) is 26.2 Å². The van der Waals surface area contributed by atoms with Crippen LogP contribution in [0.4, 0.5) is 0 Å². The van der Waals surface area contributed by atoms with Gasteiger partial charge in [-0.05, 0) is 31.6 Å². The van der Waals surface area contributed by atoms with Gasteiger partial charge in [-0.3, -0.25) is 0 Å². The lowest BCUT2D eigenvalue weighted by Gasteiger charge is -2.21. The average molecular weight is 230 g/mol. The molecular weight excluding hydrogens is 212 g/mol. The highest BCUT2D eigenvalue weighted by molar-refractivity contribution is 5.90. The van der Waals surface area contributed by atoms with Crippen LogP contribution in [0.25, 0.3) is 0 Å². The highest BCUT2D eigenvalue weighted by Crippen LogP contribution is 2.48. The van der Waals surface area contributed by atoms with Crippen LogP contribution in [0.5, 0.6) is 0 Å². The average Bonchev–Trinajstić information content (AvgIpc) is 2.71. The highest BCUT2D eigenvalue weighted by atomic mass is 16.6. The van der Waals surface area contributed by atoms with Crippen molar-refractivity contribution in [3.63, 3.8) is 0 Å². The first-order valence-corrected chi connectivity index (χ1v) is 6.32. The van der Waals surface area contributed by atoms with E-state index in [1.807, 2.05) is 0 Å². The maximum atomic E-state index is 11.6. The molecule has 90 valence electrons. The molecule has 0 aromatic rings. The predicted molar refractivity (Wildman–Crippen MR) is 66.2 cm³/mol. The summed E-state index contributed by atoms with van der Waals surface area (Å²) in [4.78, 5) is 11.6. The first-order chi connectivity index (χ1) is 8.08. The molecule has 0 bridgehead atoms. The van der Waals surface area contributed by atoms with Gasteiger partial charge in [-0.1, -0.05) is 30.4 Å². The van der Waals surface area contributed by atoms with Gasteiger partial charge in [0, 0.05) is 17.9 Å². The van der Waals surface area contributed by atoms with Crippen LogP contribution in [0.1, 0.15) is 26.2 Å². The van der Waals surface area contributed by atoms with Gasteiger partial charge >= 0.3 is 5.97 Å². The fourth-order valence-corrected chi connectivity index (χ4v) is 3.58. The van der Waals surface area contributed by atoms with Crippen LogP contribution in [0.3, 0.4) is 0 Å². The Hall–Kier alpha value is -1.31. The Bertz CT molecular complexity index is 444. The second-order valence-electron chi connectivity index (χ2n) is 5.57. The van der Waals surface area contributed by atoms with E-state index in [0.29, 0.717) is 17.4 Å². The van der Waals surface area contributed by atoms with E-state index in [-0.39, 0.29) is 18.0 Å². The second kappa shape index (κ2) is 3.59. The van der Waals surface area contributed by atoms with Crippen molar-refractivity contribution in [1.29, 1.82) is 0 Å². The van der Waals surface area contributed by atoms with Crippen molar-refractivity contribution in [2.75, 3.05) is 0 Å². The van der Waals surface area contributed by atoms with Gasteiger partial charge in [0.15, 0.2) is 0 Å². The molecule has 3 rings (SSSR count). The summed E-state index contributed by atoms with van der Waals surface area (Å²) in [6.07, 6.45) is 5.25. The Morgan fingerprint density at radius 1 is 1.29 bits per heavy atom. The van der Waals surface area contributed by atoms with Crippen molar-refractivity contribution >= 4 is 5.97 Å². The van der Waals surface area contributed by atoms with Crippen molar-refractivity contribution in [3.05, 3.63) is 36.0 Å². The zero-order valence-corrected chi connectivity index (χ0v) is 10.2. The second-order valence-corrected chi connectivity index (χ2v) is 5.57. The third-order valence-electron chi connectivity index (χ3n) is 4.68. The van der Waals surface area contributed by atoms with Gasteiger partial charge < -0.3 is 4.74 Å². The molecular formula is C15H18O2. The first kappa shape index (κ1) is 10.8. The lowest BCUT2D eigenvalue weighted by molar-refractivity contribution is -0.139. The van der Waals surface area contributed by atoms with E-state index in [4.69, 9.17) is 4.74 Å². The predicted octanol–water partition coefficient (Wildman–Crippen LogP) is 3.02. The SMILES string of the molecule is C=C1C(=O)O[C@@H]2CC(=C)[C@@H]3CC=C(C)[C@@H]3C[C@H]12. The largest absolute Gasteiger partial charge is 0.458 e. The minimum atomic E-state index is -0.203. The normalized spacial score (nSPS) is 40.5. The van der Waals surface area contributed by atoms with Gasteiger partial charge in [-0.25, -0.2) is 4.79 Å². The molecule has 1 aliphatic heterocycles. The minimum absolute atomic E-state index is 0.000833. The standard InChI is InChI=1S/C15H18O2/c1-8-4-5-11-9(2)6-14-13(7-12(8)11)10(3)15(16)17-14/h4,11-14H,2-3,5-7H2,1H3/t11-,12-,13+,14+/m0/s1. The summed E-state index contributed by atoms with van der Waals surface area (Å²) in [5.41, 5.74) is 3.37. The Morgan fingerprint density at radius 2 is 2.06 bits per heavy atom. The van der Waals surface area contributed by atoms with Crippen LogP contribution < -0.4 is 0 Å². The monoisotopic (exact) mass is 230 g/mol. The highest BCUT2D eigenvalue weighted by Gasteiger charge is 2.45. The number of hydrogen-bond donors (Lipinski definition) is 0. The molecule has 2 heteroatoms. The van der Waals surface area contributed by atoms with E-state index >= 15 is 0 Å². The number of rotatable bonds is 0. The Balaban J connectivity index is 1.93. The summed E-state index contributed by atoms with van der Waals surface area (Å²) in [5, 5.41) is 0. The van der Waals surface area contributed by atoms with Gasteiger partial charge in [0.2, 0.25) is 0 Å². The maximum absolute atomic E-state index is 11.6. The number of allylic oxidation sites excluding steroid dienone is 2. The van der Waals surface area contributed by atoms with E-state index in [0.717, 1.165) is 19.3 Å². The van der Waals surface area contributed by atoms with E-state index < -0.39 is 0 Å². The smallest absolute Gasteiger partial charge is 0.334 e. The van der Waals surface area contributed by atoms with E-state index in [1.165, 1.54) is 11.1 Å². The van der Waals surface area contributed by atoms with Gasteiger partial charge in [0.05, 0.1) is 0 Å². The summed E-state index contributed by atoms with van der Waals surface area (Å²) in [6, 6.07) is 0. The molecule has 3 aliphatic rings. The molecule has 0 radical (unpaired) electrons. The molecule has 0 unspecified atom stereocenters. The molecule has 0 spiro atoms. The van der Waals surface area contributed by atoms with Crippen LogP contribution >= 0.6 is 0 Å². The number of hydrogen-bond acceptors (Lipinski definition) is 2. The molecule has 2 aliphatic carbocycles. The Kier molecular flexibility index (Phi) is 2.29. The molecule has 1 heterocycles. The quantitative estimate of drug-likeness (QED) is 0.363. The minimum Gasteiger partial charge on any atom is -0.458 e. The summed E-state index contributed by atoms with van der Waals surface area (Å²) in [6.45, 7) is 10.3. The van der Waals surface area contributed by atoms with Gasteiger partial charge in [0.1, 0.15) is 6.10 Å². The third kappa shape index (κ3) is 1.50. The number of fused-ring (bicyclic) bond motifs is 2. The zero-order chi connectivity index (χ0) is 12.2. The van der Waals surface area contributed by atoms with E-state index in [9.17, 15) is 4.79 Å². The zero-order valence-electron chi connectivity index (χ0n) is 10.2. The molecule has 1 saturated heterocycles. The number of esters is 1. The van der Waals surface area contributed by atoms with Crippen LogP contribution in [-0.4, -0.2) is 12.1 Å². The molecule has 2 nitrogen and oxygen atoms in total. The molecule has 0 aromatic carbocycles. The van der Waals surface area contributed by atoms with Crippen LogP contribution in [0.2, 0.25) is 0 Å². The fourth-order valence-electron chi connectivity index (χ4n) is 3.58. The van der Waals surface area contributed by atoms with Crippen molar-refractivity contribution < 1.29 is 9.53 Å². The molecule has 0 N–H and O–H groups in total. The fraction of sp³-hybridized carbons (Fsp3) is 0.533. The van der Waals surface area contributed by atoms with E-state index in [1.54, 1.807) is 0 Å².